The summed E-state index contributed by atoms with van der Waals surface area (Å²) in [6.45, 7) is 3.01. The van der Waals surface area contributed by atoms with E-state index in [0.29, 0.717) is 11.6 Å². The third-order valence-electron chi connectivity index (χ3n) is 3.17. The van der Waals surface area contributed by atoms with E-state index in [1.54, 1.807) is 12.1 Å². The van der Waals surface area contributed by atoms with E-state index in [1.807, 2.05) is 17.8 Å². The van der Waals surface area contributed by atoms with Crippen molar-refractivity contribution in [3.63, 3.8) is 0 Å². The van der Waals surface area contributed by atoms with Crippen molar-refractivity contribution in [2.24, 2.45) is 0 Å². The van der Waals surface area contributed by atoms with Gasteiger partial charge in [0.2, 0.25) is 0 Å². The SMILES string of the molecule is CCC(CSC)N(C)Cc1ccc(C(=O)O)cc1Br. The second-order valence-electron chi connectivity index (χ2n) is 4.54. The second kappa shape index (κ2) is 7.92. The average molecular weight is 346 g/mol. The Morgan fingerprint density at radius 1 is 1.53 bits per heavy atom. The zero-order valence-corrected chi connectivity index (χ0v) is 13.9. The summed E-state index contributed by atoms with van der Waals surface area (Å²) >= 11 is 5.31. The lowest BCUT2D eigenvalue weighted by atomic mass is 10.1. The zero-order valence-electron chi connectivity index (χ0n) is 11.5. The lowest BCUT2D eigenvalue weighted by molar-refractivity contribution is 0.0697. The van der Waals surface area contributed by atoms with E-state index in [2.05, 4.69) is 41.1 Å². The van der Waals surface area contributed by atoms with E-state index in [9.17, 15) is 4.79 Å². The molecule has 5 heteroatoms. The molecule has 19 heavy (non-hydrogen) atoms. The molecular formula is C14H20BrNO2S. The average Bonchev–Trinajstić information content (AvgIpc) is 2.37. The Bertz CT molecular complexity index is 439. The first-order chi connectivity index (χ1) is 8.99. The van der Waals surface area contributed by atoms with Crippen LogP contribution >= 0.6 is 27.7 Å². The highest BCUT2D eigenvalue weighted by atomic mass is 79.9. The molecule has 0 aliphatic carbocycles. The first kappa shape index (κ1) is 16.5. The van der Waals surface area contributed by atoms with Gasteiger partial charge in [0.25, 0.3) is 0 Å². The molecule has 1 rings (SSSR count). The Hall–Kier alpha value is -0.520. The molecule has 0 bridgehead atoms. The highest BCUT2D eigenvalue weighted by molar-refractivity contribution is 9.10. The molecule has 0 aliphatic heterocycles. The third-order valence-corrected chi connectivity index (χ3v) is 4.63. The molecule has 1 aromatic rings. The summed E-state index contributed by atoms with van der Waals surface area (Å²) in [5, 5.41) is 8.94. The molecule has 0 fully saturated rings. The van der Waals surface area contributed by atoms with Crippen molar-refractivity contribution in [1.29, 1.82) is 0 Å². The van der Waals surface area contributed by atoms with Crippen LogP contribution in [0.2, 0.25) is 0 Å². The molecule has 0 saturated heterocycles. The fourth-order valence-electron chi connectivity index (χ4n) is 1.96. The molecular weight excluding hydrogens is 326 g/mol. The summed E-state index contributed by atoms with van der Waals surface area (Å²) in [7, 11) is 2.11. The van der Waals surface area contributed by atoms with Crippen LogP contribution in [0, 0.1) is 0 Å². The molecule has 1 unspecified atom stereocenters. The number of hydrogen-bond donors (Lipinski definition) is 1. The van der Waals surface area contributed by atoms with Crippen LogP contribution in [0.3, 0.4) is 0 Å². The third kappa shape index (κ3) is 4.82. The summed E-state index contributed by atoms with van der Waals surface area (Å²) in [5.41, 5.74) is 1.43. The van der Waals surface area contributed by atoms with Gasteiger partial charge < -0.3 is 5.11 Å². The number of carboxylic acids is 1. The van der Waals surface area contributed by atoms with Gasteiger partial charge in [-0.3, -0.25) is 4.90 Å². The Labute approximate surface area is 127 Å². The predicted octanol–water partition coefficient (Wildman–Crippen LogP) is 3.72. The van der Waals surface area contributed by atoms with Gasteiger partial charge in [0.15, 0.2) is 0 Å². The number of aromatic carboxylic acids is 1. The minimum atomic E-state index is -0.894. The highest BCUT2D eigenvalue weighted by Gasteiger charge is 2.14. The maximum Gasteiger partial charge on any atom is 0.335 e. The van der Waals surface area contributed by atoms with Gasteiger partial charge in [0.1, 0.15) is 0 Å². The number of carboxylic acid groups (broad SMARTS) is 1. The highest BCUT2D eigenvalue weighted by Crippen LogP contribution is 2.21. The molecule has 0 aliphatic rings. The molecule has 0 aromatic heterocycles. The fraction of sp³-hybridized carbons (Fsp3) is 0.500. The summed E-state index contributed by atoms with van der Waals surface area (Å²) in [4.78, 5) is 13.2. The van der Waals surface area contributed by atoms with Crippen molar-refractivity contribution < 1.29 is 9.90 Å². The smallest absolute Gasteiger partial charge is 0.335 e. The molecule has 1 atom stereocenters. The van der Waals surface area contributed by atoms with E-state index in [0.717, 1.165) is 28.8 Å². The zero-order chi connectivity index (χ0) is 14.4. The molecule has 0 heterocycles. The predicted molar refractivity (Wildman–Crippen MR) is 85.0 cm³/mol. The van der Waals surface area contributed by atoms with Crippen LogP contribution in [0.4, 0.5) is 0 Å². The van der Waals surface area contributed by atoms with Gasteiger partial charge >= 0.3 is 5.97 Å². The van der Waals surface area contributed by atoms with Gasteiger partial charge in [-0.1, -0.05) is 28.9 Å². The van der Waals surface area contributed by atoms with Crippen LogP contribution in [0.5, 0.6) is 0 Å². The van der Waals surface area contributed by atoms with Crippen molar-refractivity contribution in [1.82, 2.24) is 4.90 Å². The topological polar surface area (TPSA) is 40.5 Å². The van der Waals surface area contributed by atoms with Crippen molar-refractivity contribution >= 4 is 33.7 Å². The Morgan fingerprint density at radius 3 is 2.68 bits per heavy atom. The van der Waals surface area contributed by atoms with E-state index in [-0.39, 0.29) is 0 Å². The van der Waals surface area contributed by atoms with Crippen molar-refractivity contribution in [2.45, 2.75) is 25.9 Å². The first-order valence-electron chi connectivity index (χ1n) is 6.20. The molecule has 0 radical (unpaired) electrons. The van der Waals surface area contributed by atoms with Gasteiger partial charge in [-0.15, -0.1) is 0 Å². The number of halogens is 1. The number of rotatable bonds is 7. The Balaban J connectivity index is 2.79. The van der Waals surface area contributed by atoms with Crippen LogP contribution in [0.1, 0.15) is 29.3 Å². The lowest BCUT2D eigenvalue weighted by Crippen LogP contribution is -2.32. The maximum atomic E-state index is 10.9. The normalized spacial score (nSPS) is 12.7. The summed E-state index contributed by atoms with van der Waals surface area (Å²) in [6.07, 6.45) is 3.23. The molecule has 0 spiro atoms. The summed E-state index contributed by atoms with van der Waals surface area (Å²) in [5.74, 6) is 0.215. The fourth-order valence-corrected chi connectivity index (χ4v) is 3.33. The van der Waals surface area contributed by atoms with Crippen molar-refractivity contribution in [2.75, 3.05) is 19.1 Å². The van der Waals surface area contributed by atoms with Crippen LogP contribution in [0.15, 0.2) is 22.7 Å². The maximum absolute atomic E-state index is 10.9. The minimum Gasteiger partial charge on any atom is -0.478 e. The second-order valence-corrected chi connectivity index (χ2v) is 6.31. The summed E-state index contributed by atoms with van der Waals surface area (Å²) in [6, 6.07) is 5.75. The monoisotopic (exact) mass is 345 g/mol. The van der Waals surface area contributed by atoms with Crippen LogP contribution in [-0.4, -0.2) is 41.1 Å². The van der Waals surface area contributed by atoms with Gasteiger partial charge in [0, 0.05) is 22.8 Å². The van der Waals surface area contributed by atoms with Crippen molar-refractivity contribution in [3.05, 3.63) is 33.8 Å². The lowest BCUT2D eigenvalue weighted by Gasteiger charge is -2.27. The largest absolute Gasteiger partial charge is 0.478 e. The number of benzene rings is 1. The number of hydrogen-bond acceptors (Lipinski definition) is 3. The molecule has 1 N–H and O–H groups in total. The van der Waals surface area contributed by atoms with Crippen LogP contribution < -0.4 is 0 Å². The minimum absolute atomic E-state index is 0.314. The van der Waals surface area contributed by atoms with Gasteiger partial charge in [-0.25, -0.2) is 4.79 Å². The number of carbonyl (C=O) groups is 1. The van der Waals surface area contributed by atoms with Crippen LogP contribution in [-0.2, 0) is 6.54 Å². The van der Waals surface area contributed by atoms with E-state index in [1.165, 1.54) is 0 Å². The van der Waals surface area contributed by atoms with E-state index >= 15 is 0 Å². The van der Waals surface area contributed by atoms with Gasteiger partial charge in [-0.05, 0) is 37.4 Å². The van der Waals surface area contributed by atoms with E-state index in [4.69, 9.17) is 5.11 Å². The summed E-state index contributed by atoms with van der Waals surface area (Å²) < 4.78 is 0.859. The molecule has 106 valence electrons. The number of thioether (sulfide) groups is 1. The van der Waals surface area contributed by atoms with Gasteiger partial charge in [0.05, 0.1) is 5.56 Å². The van der Waals surface area contributed by atoms with Crippen molar-refractivity contribution in [3.8, 4) is 0 Å². The quantitative estimate of drug-likeness (QED) is 0.817. The standard InChI is InChI=1S/C14H20BrNO2S/c1-4-12(9-19-3)16(2)8-11-6-5-10(14(17)18)7-13(11)15/h5-7,12H,4,8-9H2,1-3H3,(H,17,18). The first-order valence-corrected chi connectivity index (χ1v) is 8.39. The van der Waals surface area contributed by atoms with Crippen LogP contribution in [0.25, 0.3) is 0 Å². The molecule has 0 amide bonds. The molecule has 1 aromatic carbocycles. The van der Waals surface area contributed by atoms with Gasteiger partial charge in [-0.2, -0.15) is 11.8 Å². The molecule has 3 nitrogen and oxygen atoms in total. The Morgan fingerprint density at radius 2 is 2.21 bits per heavy atom. The van der Waals surface area contributed by atoms with E-state index < -0.39 is 5.97 Å². The molecule has 0 saturated carbocycles. The number of nitrogens with zero attached hydrogens (tertiary/aromatic N) is 1. The Kier molecular flexibility index (Phi) is 6.89.